The molecule has 0 aromatic heterocycles. The number of carbonyl (C=O) groups is 4. The van der Waals surface area contributed by atoms with E-state index in [1.807, 2.05) is 0 Å². The largest absolute Gasteiger partial charge is 0.497 e. The molecule has 10 nitrogen and oxygen atoms in total. The fourth-order valence-electron chi connectivity index (χ4n) is 3.87. The maximum Gasteiger partial charge on any atom is 0.339 e. The van der Waals surface area contributed by atoms with Crippen LogP contribution in [0, 0.1) is 0 Å². The monoisotopic (exact) mass is 435 g/mol. The van der Waals surface area contributed by atoms with Crippen molar-refractivity contribution >= 4 is 39.3 Å². The zero-order valence-electron chi connectivity index (χ0n) is 16.3. The minimum Gasteiger partial charge on any atom is -0.497 e. The standard InChI is InChI=1S/C19H21N3O7S/c1-29-15-6-4-13(5-7-15)22-18(25)17(24)20(19(22)26)10-16(23)21(12-2-3-12)14-8-9-30(27,28)11-14/h4-7,12,14H,2-3,8-11H2,1H3/t14-/m0/s1. The lowest BCUT2D eigenvalue weighted by Gasteiger charge is -2.29. The van der Waals surface area contributed by atoms with Gasteiger partial charge in [0.2, 0.25) is 5.91 Å². The van der Waals surface area contributed by atoms with Crippen LogP contribution in [0.15, 0.2) is 24.3 Å². The van der Waals surface area contributed by atoms with E-state index in [0.717, 1.165) is 17.7 Å². The van der Waals surface area contributed by atoms with Gasteiger partial charge >= 0.3 is 17.8 Å². The predicted octanol–water partition coefficient (Wildman–Crippen LogP) is 0.169. The van der Waals surface area contributed by atoms with Crippen LogP contribution in [0.3, 0.4) is 0 Å². The van der Waals surface area contributed by atoms with E-state index in [-0.39, 0.29) is 23.2 Å². The van der Waals surface area contributed by atoms with E-state index in [1.165, 1.54) is 24.1 Å². The third-order valence-corrected chi connectivity index (χ3v) is 7.26. The Bertz CT molecular complexity index is 1020. The Morgan fingerprint density at radius 1 is 1.07 bits per heavy atom. The Kier molecular flexibility index (Phi) is 5.00. The summed E-state index contributed by atoms with van der Waals surface area (Å²) in [5.74, 6) is -2.24. The summed E-state index contributed by atoms with van der Waals surface area (Å²) in [4.78, 5) is 53.3. The predicted molar refractivity (Wildman–Crippen MR) is 105 cm³/mol. The van der Waals surface area contributed by atoms with Crippen LogP contribution in [0.5, 0.6) is 5.75 Å². The molecule has 4 rings (SSSR count). The summed E-state index contributed by atoms with van der Waals surface area (Å²) in [6.07, 6.45) is 1.84. The highest BCUT2D eigenvalue weighted by Gasteiger charge is 2.48. The molecule has 1 aromatic carbocycles. The van der Waals surface area contributed by atoms with Gasteiger partial charge in [0.25, 0.3) is 0 Å². The van der Waals surface area contributed by atoms with Crippen molar-refractivity contribution in [3.63, 3.8) is 0 Å². The van der Waals surface area contributed by atoms with Crippen LogP contribution in [0.4, 0.5) is 10.5 Å². The van der Waals surface area contributed by atoms with Gasteiger partial charge in [-0.2, -0.15) is 0 Å². The number of amides is 5. The Balaban J connectivity index is 1.52. The van der Waals surface area contributed by atoms with Crippen LogP contribution in [-0.2, 0) is 24.2 Å². The number of hydrogen-bond acceptors (Lipinski definition) is 7. The molecule has 0 spiro atoms. The molecule has 0 bridgehead atoms. The maximum absolute atomic E-state index is 12.9. The highest BCUT2D eigenvalue weighted by molar-refractivity contribution is 7.91. The van der Waals surface area contributed by atoms with Crippen LogP contribution < -0.4 is 9.64 Å². The average Bonchev–Trinajstić information content (AvgIpc) is 3.44. The van der Waals surface area contributed by atoms with Gasteiger partial charge in [-0.15, -0.1) is 0 Å². The molecule has 1 atom stereocenters. The molecular formula is C19H21N3O7S. The molecule has 2 saturated heterocycles. The van der Waals surface area contributed by atoms with Gasteiger partial charge in [0, 0.05) is 12.1 Å². The lowest BCUT2D eigenvalue weighted by atomic mass is 10.2. The molecule has 1 aliphatic carbocycles. The summed E-state index contributed by atoms with van der Waals surface area (Å²) in [6.45, 7) is -0.594. The number of nitrogens with zero attached hydrogens (tertiary/aromatic N) is 3. The minimum absolute atomic E-state index is 0.0134. The molecule has 5 amide bonds. The number of carbonyl (C=O) groups excluding carboxylic acids is 4. The van der Waals surface area contributed by atoms with E-state index >= 15 is 0 Å². The van der Waals surface area contributed by atoms with Crippen LogP contribution in [0.1, 0.15) is 19.3 Å². The van der Waals surface area contributed by atoms with Gasteiger partial charge in [-0.05, 0) is 43.5 Å². The second-order valence-electron chi connectivity index (χ2n) is 7.60. The molecule has 1 saturated carbocycles. The number of imide groups is 2. The lowest BCUT2D eigenvalue weighted by Crippen LogP contribution is -2.49. The molecule has 3 aliphatic rings. The van der Waals surface area contributed by atoms with Crippen molar-refractivity contribution in [3.8, 4) is 5.75 Å². The van der Waals surface area contributed by atoms with Gasteiger partial charge < -0.3 is 9.64 Å². The van der Waals surface area contributed by atoms with E-state index in [4.69, 9.17) is 4.74 Å². The highest BCUT2D eigenvalue weighted by atomic mass is 32.2. The average molecular weight is 435 g/mol. The topological polar surface area (TPSA) is 121 Å². The number of ether oxygens (including phenoxy) is 1. The summed E-state index contributed by atoms with van der Waals surface area (Å²) in [5.41, 5.74) is 0.190. The quantitative estimate of drug-likeness (QED) is 0.461. The van der Waals surface area contributed by atoms with E-state index in [9.17, 15) is 27.6 Å². The Labute approximate surface area is 173 Å². The number of sulfone groups is 1. The molecule has 3 fully saturated rings. The van der Waals surface area contributed by atoms with Crippen LogP contribution >= 0.6 is 0 Å². The summed E-state index contributed by atoms with van der Waals surface area (Å²) >= 11 is 0. The van der Waals surface area contributed by atoms with Crippen molar-refractivity contribution in [2.24, 2.45) is 0 Å². The van der Waals surface area contributed by atoms with Gasteiger partial charge in [0.1, 0.15) is 12.3 Å². The third kappa shape index (κ3) is 3.64. The summed E-state index contributed by atoms with van der Waals surface area (Å²) in [7, 11) is -1.73. The van der Waals surface area contributed by atoms with Crippen molar-refractivity contribution in [2.45, 2.75) is 31.3 Å². The molecule has 2 aliphatic heterocycles. The Morgan fingerprint density at radius 3 is 2.27 bits per heavy atom. The fraction of sp³-hybridized carbons (Fsp3) is 0.474. The number of anilines is 1. The molecule has 30 heavy (non-hydrogen) atoms. The Morgan fingerprint density at radius 2 is 1.73 bits per heavy atom. The van der Waals surface area contributed by atoms with Crippen LogP contribution in [0.2, 0.25) is 0 Å². The van der Waals surface area contributed by atoms with Gasteiger partial charge in [-0.3, -0.25) is 14.4 Å². The molecule has 1 aromatic rings. The first-order valence-electron chi connectivity index (χ1n) is 9.57. The van der Waals surface area contributed by atoms with Gasteiger partial charge in [-0.1, -0.05) is 0 Å². The van der Waals surface area contributed by atoms with E-state index < -0.39 is 46.2 Å². The molecule has 160 valence electrons. The highest BCUT2D eigenvalue weighted by Crippen LogP contribution is 2.33. The third-order valence-electron chi connectivity index (χ3n) is 5.51. The summed E-state index contributed by atoms with van der Waals surface area (Å²) in [6, 6.07) is 4.57. The molecule has 0 radical (unpaired) electrons. The summed E-state index contributed by atoms with van der Waals surface area (Å²) in [5, 5.41) is 0. The number of rotatable bonds is 6. The molecule has 0 N–H and O–H groups in total. The van der Waals surface area contributed by atoms with Crippen molar-refractivity contribution in [3.05, 3.63) is 24.3 Å². The Hall–Kier alpha value is -2.95. The minimum atomic E-state index is -3.20. The first-order valence-corrected chi connectivity index (χ1v) is 11.4. The van der Waals surface area contributed by atoms with Crippen molar-refractivity contribution in [2.75, 3.05) is 30.1 Å². The SMILES string of the molecule is COc1ccc(N2C(=O)C(=O)N(CC(=O)N(C3CC3)[C@H]3CCS(=O)(=O)C3)C2=O)cc1. The van der Waals surface area contributed by atoms with Crippen molar-refractivity contribution in [1.82, 2.24) is 9.80 Å². The van der Waals surface area contributed by atoms with Crippen molar-refractivity contribution in [1.29, 1.82) is 0 Å². The smallest absolute Gasteiger partial charge is 0.339 e. The van der Waals surface area contributed by atoms with Gasteiger partial charge in [-0.25, -0.2) is 23.0 Å². The summed E-state index contributed by atoms with van der Waals surface area (Å²) < 4.78 is 28.7. The number of methoxy groups -OCH3 is 1. The second kappa shape index (κ2) is 7.38. The van der Waals surface area contributed by atoms with Gasteiger partial charge in [0.15, 0.2) is 9.84 Å². The molecule has 11 heteroatoms. The second-order valence-corrected chi connectivity index (χ2v) is 9.83. The van der Waals surface area contributed by atoms with Crippen LogP contribution in [-0.4, -0.2) is 79.2 Å². The maximum atomic E-state index is 12.9. The zero-order valence-corrected chi connectivity index (χ0v) is 17.1. The van der Waals surface area contributed by atoms with E-state index in [0.29, 0.717) is 17.1 Å². The number of urea groups is 1. The van der Waals surface area contributed by atoms with Gasteiger partial charge in [0.05, 0.1) is 24.3 Å². The van der Waals surface area contributed by atoms with Crippen molar-refractivity contribution < 1.29 is 32.3 Å². The molecule has 0 unspecified atom stereocenters. The van der Waals surface area contributed by atoms with Crippen LogP contribution in [0.25, 0.3) is 0 Å². The van der Waals surface area contributed by atoms with E-state index in [1.54, 1.807) is 12.1 Å². The normalized spacial score (nSPS) is 23.2. The fourth-order valence-corrected chi connectivity index (χ4v) is 5.59. The molecular weight excluding hydrogens is 414 g/mol. The first kappa shape index (κ1) is 20.3. The molecule has 2 heterocycles. The van der Waals surface area contributed by atoms with E-state index in [2.05, 4.69) is 0 Å². The zero-order chi connectivity index (χ0) is 21.6. The lowest BCUT2D eigenvalue weighted by molar-refractivity contribution is -0.143. The first-order chi connectivity index (χ1) is 14.2. The number of hydrogen-bond donors (Lipinski definition) is 0. The number of benzene rings is 1.